The lowest BCUT2D eigenvalue weighted by Crippen LogP contribution is -2.21. The first-order chi connectivity index (χ1) is 6.79. The third-order valence-corrected chi connectivity index (χ3v) is 2.12. The molecule has 1 N–H and O–H groups in total. The van der Waals surface area contributed by atoms with Crippen molar-refractivity contribution in [1.82, 2.24) is 20.3 Å². The van der Waals surface area contributed by atoms with Gasteiger partial charge in [-0.25, -0.2) is 0 Å². The molecule has 0 spiro atoms. The van der Waals surface area contributed by atoms with Gasteiger partial charge in [-0.15, -0.1) is 5.10 Å². The van der Waals surface area contributed by atoms with Gasteiger partial charge in [0.15, 0.2) is 0 Å². The van der Waals surface area contributed by atoms with Crippen LogP contribution in [0.5, 0.6) is 0 Å². The van der Waals surface area contributed by atoms with Crippen LogP contribution in [0.25, 0.3) is 0 Å². The monoisotopic (exact) mass is 196 g/mol. The van der Waals surface area contributed by atoms with Gasteiger partial charge in [0.1, 0.15) is 0 Å². The van der Waals surface area contributed by atoms with Gasteiger partial charge in [-0.05, 0) is 25.3 Å². The molecule has 0 radical (unpaired) electrons. The van der Waals surface area contributed by atoms with Crippen molar-refractivity contribution >= 4 is 0 Å². The average molecular weight is 196 g/mol. The largest absolute Gasteiger partial charge is 0.315 e. The molecule has 1 aromatic heterocycles. The third kappa shape index (κ3) is 4.97. The second kappa shape index (κ2) is 6.54. The zero-order valence-electron chi connectivity index (χ0n) is 9.11. The van der Waals surface area contributed by atoms with E-state index in [-0.39, 0.29) is 0 Å². The summed E-state index contributed by atoms with van der Waals surface area (Å²) >= 11 is 0. The molecule has 1 rings (SSSR count). The Hall–Kier alpha value is -0.900. The minimum Gasteiger partial charge on any atom is -0.315 e. The van der Waals surface area contributed by atoms with Crippen LogP contribution in [-0.2, 0) is 6.54 Å². The standard InChI is InChI=1S/C10H20N4/c1-10(2)4-3-5-11-6-8-14-9-7-12-13-14/h7,9-11H,3-6,8H2,1-2H3. The summed E-state index contributed by atoms with van der Waals surface area (Å²) in [5.74, 6) is 0.812. The fraction of sp³-hybridized carbons (Fsp3) is 0.800. The summed E-state index contributed by atoms with van der Waals surface area (Å²) in [4.78, 5) is 0. The van der Waals surface area contributed by atoms with Crippen LogP contribution in [0, 0.1) is 5.92 Å². The van der Waals surface area contributed by atoms with E-state index in [1.807, 2.05) is 10.9 Å². The number of aromatic nitrogens is 3. The zero-order chi connectivity index (χ0) is 10.2. The van der Waals surface area contributed by atoms with Crippen LogP contribution < -0.4 is 5.32 Å². The first-order valence-corrected chi connectivity index (χ1v) is 5.34. The predicted molar refractivity (Wildman–Crippen MR) is 57.0 cm³/mol. The van der Waals surface area contributed by atoms with E-state index in [0.717, 1.165) is 25.6 Å². The molecule has 0 saturated heterocycles. The van der Waals surface area contributed by atoms with Crippen molar-refractivity contribution in [2.75, 3.05) is 13.1 Å². The minimum atomic E-state index is 0.812. The SMILES string of the molecule is CC(C)CCCNCCn1ccnn1. The van der Waals surface area contributed by atoms with Crippen molar-refractivity contribution in [3.8, 4) is 0 Å². The van der Waals surface area contributed by atoms with E-state index < -0.39 is 0 Å². The molecular weight excluding hydrogens is 176 g/mol. The molecule has 80 valence electrons. The van der Waals surface area contributed by atoms with Gasteiger partial charge in [-0.3, -0.25) is 4.68 Å². The highest BCUT2D eigenvalue weighted by Crippen LogP contribution is 2.01. The molecule has 4 heteroatoms. The summed E-state index contributed by atoms with van der Waals surface area (Å²) in [6, 6.07) is 0. The highest BCUT2D eigenvalue weighted by molar-refractivity contribution is 4.64. The quantitative estimate of drug-likeness (QED) is 0.668. The Morgan fingerprint density at radius 3 is 2.86 bits per heavy atom. The Kier molecular flexibility index (Phi) is 5.22. The van der Waals surface area contributed by atoms with Gasteiger partial charge in [0, 0.05) is 12.7 Å². The maximum atomic E-state index is 3.89. The molecule has 0 aliphatic heterocycles. The van der Waals surface area contributed by atoms with Crippen LogP contribution in [0.2, 0.25) is 0 Å². The normalized spacial score (nSPS) is 11.1. The van der Waals surface area contributed by atoms with Crippen LogP contribution in [0.15, 0.2) is 12.4 Å². The Labute approximate surface area is 85.7 Å². The fourth-order valence-corrected chi connectivity index (χ4v) is 1.31. The van der Waals surface area contributed by atoms with Crippen LogP contribution in [0.3, 0.4) is 0 Å². The minimum absolute atomic E-state index is 0.812. The third-order valence-electron chi connectivity index (χ3n) is 2.12. The van der Waals surface area contributed by atoms with Gasteiger partial charge < -0.3 is 5.32 Å². The van der Waals surface area contributed by atoms with Crippen molar-refractivity contribution in [3.63, 3.8) is 0 Å². The van der Waals surface area contributed by atoms with E-state index in [2.05, 4.69) is 29.5 Å². The van der Waals surface area contributed by atoms with E-state index in [4.69, 9.17) is 0 Å². The second-order valence-corrected chi connectivity index (χ2v) is 3.95. The second-order valence-electron chi connectivity index (χ2n) is 3.95. The summed E-state index contributed by atoms with van der Waals surface area (Å²) in [5, 5.41) is 11.0. The summed E-state index contributed by atoms with van der Waals surface area (Å²) < 4.78 is 1.84. The molecule has 0 aromatic carbocycles. The molecule has 0 aliphatic carbocycles. The average Bonchev–Trinajstić information content (AvgIpc) is 2.63. The molecule has 14 heavy (non-hydrogen) atoms. The Morgan fingerprint density at radius 1 is 1.36 bits per heavy atom. The topological polar surface area (TPSA) is 42.7 Å². The van der Waals surface area contributed by atoms with Gasteiger partial charge in [0.2, 0.25) is 0 Å². The smallest absolute Gasteiger partial charge is 0.0692 e. The van der Waals surface area contributed by atoms with E-state index >= 15 is 0 Å². The van der Waals surface area contributed by atoms with E-state index in [1.54, 1.807) is 6.20 Å². The molecule has 0 atom stereocenters. The molecule has 0 amide bonds. The first-order valence-electron chi connectivity index (χ1n) is 5.34. The number of nitrogens with one attached hydrogen (secondary N) is 1. The zero-order valence-corrected chi connectivity index (χ0v) is 9.11. The molecule has 1 aromatic rings. The van der Waals surface area contributed by atoms with Crippen molar-refractivity contribution in [2.24, 2.45) is 5.92 Å². The lowest BCUT2D eigenvalue weighted by atomic mass is 10.1. The number of nitrogens with zero attached hydrogens (tertiary/aromatic N) is 3. The Bertz CT molecular complexity index is 218. The maximum Gasteiger partial charge on any atom is 0.0692 e. The summed E-state index contributed by atoms with van der Waals surface area (Å²) in [5.41, 5.74) is 0. The van der Waals surface area contributed by atoms with Crippen LogP contribution in [0.4, 0.5) is 0 Å². The van der Waals surface area contributed by atoms with Gasteiger partial charge in [-0.1, -0.05) is 19.1 Å². The van der Waals surface area contributed by atoms with Crippen LogP contribution >= 0.6 is 0 Å². The van der Waals surface area contributed by atoms with Crippen molar-refractivity contribution in [1.29, 1.82) is 0 Å². The van der Waals surface area contributed by atoms with Crippen molar-refractivity contribution < 1.29 is 0 Å². The lowest BCUT2D eigenvalue weighted by Gasteiger charge is -2.06. The summed E-state index contributed by atoms with van der Waals surface area (Å²) in [7, 11) is 0. The molecule has 0 saturated carbocycles. The van der Waals surface area contributed by atoms with Crippen molar-refractivity contribution in [2.45, 2.75) is 33.2 Å². The van der Waals surface area contributed by atoms with Gasteiger partial charge in [0.25, 0.3) is 0 Å². The predicted octanol–water partition coefficient (Wildman–Crippen LogP) is 1.30. The Balaban J connectivity index is 1.90. The first kappa shape index (κ1) is 11.2. The van der Waals surface area contributed by atoms with Gasteiger partial charge in [0.05, 0.1) is 12.7 Å². The summed E-state index contributed by atoms with van der Waals surface area (Å²) in [6.45, 7) is 7.50. The molecule has 1 heterocycles. The molecule has 0 bridgehead atoms. The molecule has 4 nitrogen and oxygen atoms in total. The van der Waals surface area contributed by atoms with E-state index in [9.17, 15) is 0 Å². The van der Waals surface area contributed by atoms with Crippen LogP contribution in [0.1, 0.15) is 26.7 Å². The van der Waals surface area contributed by atoms with Gasteiger partial charge >= 0.3 is 0 Å². The molecule has 0 aliphatic rings. The van der Waals surface area contributed by atoms with Crippen molar-refractivity contribution in [3.05, 3.63) is 12.4 Å². The fourth-order valence-electron chi connectivity index (χ4n) is 1.31. The van der Waals surface area contributed by atoms with Crippen LogP contribution in [-0.4, -0.2) is 28.1 Å². The van der Waals surface area contributed by atoms with Gasteiger partial charge in [-0.2, -0.15) is 0 Å². The lowest BCUT2D eigenvalue weighted by molar-refractivity contribution is 0.500. The molecule has 0 unspecified atom stereocenters. The maximum absolute atomic E-state index is 3.89. The molecule has 0 fully saturated rings. The highest BCUT2D eigenvalue weighted by atomic mass is 15.4. The molecular formula is C10H20N4. The summed E-state index contributed by atoms with van der Waals surface area (Å²) in [6.07, 6.45) is 6.15. The Morgan fingerprint density at radius 2 is 2.21 bits per heavy atom. The number of rotatable bonds is 7. The number of hydrogen-bond donors (Lipinski definition) is 1. The van der Waals surface area contributed by atoms with E-state index in [1.165, 1.54) is 12.8 Å². The number of hydrogen-bond acceptors (Lipinski definition) is 3. The van der Waals surface area contributed by atoms with E-state index in [0.29, 0.717) is 0 Å². The highest BCUT2D eigenvalue weighted by Gasteiger charge is 1.94.